The molecular formula is C18H18OS. The zero-order valence-corrected chi connectivity index (χ0v) is 12.7. The van der Waals surface area contributed by atoms with Crippen molar-refractivity contribution in [1.29, 1.82) is 0 Å². The molecule has 2 aromatic carbocycles. The van der Waals surface area contributed by atoms with Crippen LogP contribution in [0.15, 0.2) is 65.6 Å². The maximum absolute atomic E-state index is 12.2. The molecule has 0 atom stereocenters. The van der Waals surface area contributed by atoms with Gasteiger partial charge in [0.15, 0.2) is 5.78 Å². The standard InChI is InChI=1S/C18H18OS/c1-13-4-8-16(9-5-13)18(19)15(3)12-20-17-10-6-14(2)7-11-17/h4-11H,3,12H2,1-2H3. The van der Waals surface area contributed by atoms with Crippen molar-refractivity contribution in [3.05, 3.63) is 77.4 Å². The van der Waals surface area contributed by atoms with Gasteiger partial charge in [0, 0.05) is 21.8 Å². The number of ketones is 1. The van der Waals surface area contributed by atoms with E-state index < -0.39 is 0 Å². The molecule has 0 aliphatic heterocycles. The second-order valence-corrected chi connectivity index (χ2v) is 5.95. The Hall–Kier alpha value is -1.80. The van der Waals surface area contributed by atoms with Gasteiger partial charge in [-0.1, -0.05) is 54.1 Å². The van der Waals surface area contributed by atoms with Crippen molar-refractivity contribution < 1.29 is 4.79 Å². The molecule has 0 amide bonds. The summed E-state index contributed by atoms with van der Waals surface area (Å²) in [5.74, 6) is 0.653. The van der Waals surface area contributed by atoms with Crippen LogP contribution in [0.1, 0.15) is 21.5 Å². The van der Waals surface area contributed by atoms with Gasteiger partial charge in [0.25, 0.3) is 0 Å². The summed E-state index contributed by atoms with van der Waals surface area (Å²) < 4.78 is 0. The molecule has 0 heterocycles. The van der Waals surface area contributed by atoms with E-state index in [0.29, 0.717) is 16.9 Å². The molecule has 20 heavy (non-hydrogen) atoms. The van der Waals surface area contributed by atoms with Crippen LogP contribution in [0.25, 0.3) is 0 Å². The minimum Gasteiger partial charge on any atom is -0.289 e. The monoisotopic (exact) mass is 282 g/mol. The largest absolute Gasteiger partial charge is 0.289 e. The average molecular weight is 282 g/mol. The summed E-state index contributed by atoms with van der Waals surface area (Å²) in [5.41, 5.74) is 3.75. The molecule has 0 fully saturated rings. The average Bonchev–Trinajstić information content (AvgIpc) is 2.46. The van der Waals surface area contributed by atoms with Gasteiger partial charge >= 0.3 is 0 Å². The first-order valence-corrected chi connectivity index (χ1v) is 7.53. The molecule has 0 saturated carbocycles. The second kappa shape index (κ2) is 6.58. The lowest BCUT2D eigenvalue weighted by molar-refractivity contribution is 0.103. The molecule has 2 aromatic rings. The third kappa shape index (κ3) is 3.84. The fourth-order valence-corrected chi connectivity index (χ4v) is 2.58. The van der Waals surface area contributed by atoms with E-state index in [0.717, 1.165) is 10.5 Å². The summed E-state index contributed by atoms with van der Waals surface area (Å²) in [6.07, 6.45) is 0. The minimum atomic E-state index is 0.0320. The van der Waals surface area contributed by atoms with Gasteiger partial charge in [0.05, 0.1) is 0 Å². The zero-order valence-electron chi connectivity index (χ0n) is 11.8. The Kier molecular flexibility index (Phi) is 4.80. The van der Waals surface area contributed by atoms with Crippen molar-refractivity contribution in [1.82, 2.24) is 0 Å². The summed E-state index contributed by atoms with van der Waals surface area (Å²) in [5, 5.41) is 0. The minimum absolute atomic E-state index is 0.0320. The molecule has 0 unspecified atom stereocenters. The van der Waals surface area contributed by atoms with Gasteiger partial charge in [-0.05, 0) is 26.0 Å². The molecule has 0 aromatic heterocycles. The number of carbonyl (C=O) groups is 1. The summed E-state index contributed by atoms with van der Waals surface area (Å²) in [6.45, 7) is 7.99. The third-order valence-electron chi connectivity index (χ3n) is 3.07. The Balaban J connectivity index is 1.96. The van der Waals surface area contributed by atoms with Crippen LogP contribution >= 0.6 is 11.8 Å². The number of benzene rings is 2. The highest BCUT2D eigenvalue weighted by atomic mass is 32.2. The van der Waals surface area contributed by atoms with Gasteiger partial charge in [0.2, 0.25) is 0 Å². The Morgan fingerprint density at radius 2 is 1.45 bits per heavy atom. The highest BCUT2D eigenvalue weighted by Gasteiger charge is 2.10. The van der Waals surface area contributed by atoms with Crippen molar-refractivity contribution in [2.75, 3.05) is 5.75 Å². The van der Waals surface area contributed by atoms with E-state index in [1.165, 1.54) is 5.56 Å². The number of hydrogen-bond donors (Lipinski definition) is 0. The molecule has 0 saturated heterocycles. The van der Waals surface area contributed by atoms with Gasteiger partial charge in [-0.15, -0.1) is 11.8 Å². The lowest BCUT2D eigenvalue weighted by Crippen LogP contribution is -2.04. The van der Waals surface area contributed by atoms with Gasteiger partial charge in [-0.25, -0.2) is 0 Å². The molecule has 1 nitrogen and oxygen atoms in total. The van der Waals surface area contributed by atoms with Crippen molar-refractivity contribution >= 4 is 17.5 Å². The van der Waals surface area contributed by atoms with Crippen LogP contribution in [-0.4, -0.2) is 11.5 Å². The molecule has 0 aliphatic rings. The van der Waals surface area contributed by atoms with E-state index in [1.54, 1.807) is 11.8 Å². The van der Waals surface area contributed by atoms with E-state index >= 15 is 0 Å². The summed E-state index contributed by atoms with van der Waals surface area (Å²) in [6, 6.07) is 15.9. The smallest absolute Gasteiger partial charge is 0.189 e. The Morgan fingerprint density at radius 3 is 2.00 bits per heavy atom. The Labute approximate surface area is 124 Å². The first-order valence-electron chi connectivity index (χ1n) is 6.55. The number of aryl methyl sites for hydroxylation is 2. The first kappa shape index (κ1) is 14.6. The maximum atomic E-state index is 12.2. The van der Waals surface area contributed by atoms with Crippen LogP contribution in [0.3, 0.4) is 0 Å². The molecule has 0 radical (unpaired) electrons. The lowest BCUT2D eigenvalue weighted by Gasteiger charge is -2.06. The van der Waals surface area contributed by atoms with E-state index in [1.807, 2.05) is 31.2 Å². The number of Topliss-reactive ketones (excluding diaryl/α,β-unsaturated/α-hetero) is 1. The predicted octanol–water partition coefficient (Wildman–Crippen LogP) is 4.83. The van der Waals surface area contributed by atoms with Gasteiger partial charge in [0.1, 0.15) is 0 Å². The van der Waals surface area contributed by atoms with Crippen LogP contribution in [0.4, 0.5) is 0 Å². The fraction of sp³-hybridized carbons (Fsp3) is 0.167. The second-order valence-electron chi connectivity index (χ2n) is 4.90. The molecule has 0 bridgehead atoms. The highest BCUT2D eigenvalue weighted by molar-refractivity contribution is 7.99. The zero-order chi connectivity index (χ0) is 14.5. The normalized spacial score (nSPS) is 10.3. The third-order valence-corrected chi connectivity index (χ3v) is 4.17. The van der Waals surface area contributed by atoms with Gasteiger partial charge in [-0.3, -0.25) is 4.79 Å². The van der Waals surface area contributed by atoms with Crippen LogP contribution < -0.4 is 0 Å². The highest BCUT2D eigenvalue weighted by Crippen LogP contribution is 2.22. The van der Waals surface area contributed by atoms with Crippen LogP contribution in [0.5, 0.6) is 0 Å². The summed E-state index contributed by atoms with van der Waals surface area (Å²) >= 11 is 1.64. The number of thioether (sulfide) groups is 1. The van der Waals surface area contributed by atoms with Crippen LogP contribution in [-0.2, 0) is 0 Å². The number of carbonyl (C=O) groups excluding carboxylic acids is 1. The van der Waals surface area contributed by atoms with Crippen LogP contribution in [0, 0.1) is 13.8 Å². The quantitative estimate of drug-likeness (QED) is 0.443. The number of rotatable bonds is 5. The van der Waals surface area contributed by atoms with E-state index in [4.69, 9.17) is 0 Å². The summed E-state index contributed by atoms with van der Waals surface area (Å²) in [7, 11) is 0. The van der Waals surface area contributed by atoms with Gasteiger partial charge < -0.3 is 0 Å². The number of hydrogen-bond acceptors (Lipinski definition) is 2. The van der Waals surface area contributed by atoms with E-state index in [-0.39, 0.29) is 5.78 Å². The van der Waals surface area contributed by atoms with E-state index in [2.05, 4.69) is 37.8 Å². The van der Waals surface area contributed by atoms with Crippen molar-refractivity contribution in [2.45, 2.75) is 18.7 Å². The fourth-order valence-electron chi connectivity index (χ4n) is 1.78. The van der Waals surface area contributed by atoms with Gasteiger partial charge in [-0.2, -0.15) is 0 Å². The molecule has 0 N–H and O–H groups in total. The summed E-state index contributed by atoms with van der Waals surface area (Å²) in [4.78, 5) is 13.4. The topological polar surface area (TPSA) is 17.1 Å². The molecule has 0 spiro atoms. The Bertz CT molecular complexity index is 609. The molecule has 0 aliphatic carbocycles. The maximum Gasteiger partial charge on any atom is 0.189 e. The lowest BCUT2D eigenvalue weighted by atomic mass is 10.0. The molecular weight excluding hydrogens is 264 g/mol. The Morgan fingerprint density at radius 1 is 0.950 bits per heavy atom. The van der Waals surface area contributed by atoms with Crippen molar-refractivity contribution in [3.8, 4) is 0 Å². The molecule has 102 valence electrons. The van der Waals surface area contributed by atoms with Crippen molar-refractivity contribution in [2.24, 2.45) is 0 Å². The molecule has 2 rings (SSSR count). The SMILES string of the molecule is C=C(CSc1ccc(C)cc1)C(=O)c1ccc(C)cc1. The predicted molar refractivity (Wildman–Crippen MR) is 86.6 cm³/mol. The van der Waals surface area contributed by atoms with E-state index in [9.17, 15) is 4.79 Å². The molecule has 2 heteroatoms. The van der Waals surface area contributed by atoms with Crippen molar-refractivity contribution in [3.63, 3.8) is 0 Å². The first-order chi connectivity index (χ1) is 9.56. The van der Waals surface area contributed by atoms with Crippen LogP contribution in [0.2, 0.25) is 0 Å².